The first-order valence-corrected chi connectivity index (χ1v) is 12.8. The summed E-state index contributed by atoms with van der Waals surface area (Å²) in [4.78, 5) is 12.9. The summed E-state index contributed by atoms with van der Waals surface area (Å²) in [5.41, 5.74) is 6.07. The quantitative estimate of drug-likeness (QED) is 0.274. The van der Waals surface area contributed by atoms with E-state index < -0.39 is 0 Å². The van der Waals surface area contributed by atoms with Crippen molar-refractivity contribution >= 4 is 23.5 Å². The zero-order valence-corrected chi connectivity index (χ0v) is 22.0. The molecule has 0 saturated carbocycles. The van der Waals surface area contributed by atoms with Crippen LogP contribution in [0.2, 0.25) is 0 Å². The van der Waals surface area contributed by atoms with Crippen LogP contribution in [0.4, 0.5) is 10.5 Å². The Morgan fingerprint density at radius 3 is 2.39 bits per heavy atom. The predicted octanol–water partition coefficient (Wildman–Crippen LogP) is 6.38. The number of nitrogens with zero attached hydrogens (tertiary/aromatic N) is 3. The molecule has 1 unspecified atom stereocenters. The van der Waals surface area contributed by atoms with E-state index in [2.05, 4.69) is 46.0 Å². The molecule has 1 heterocycles. The van der Waals surface area contributed by atoms with Gasteiger partial charge in [0.1, 0.15) is 5.75 Å². The van der Waals surface area contributed by atoms with Crippen LogP contribution in [-0.2, 0) is 5.75 Å². The number of carbonyl (C=O) groups excluding carboxylic acids is 1. The SMILES string of the molecule is COc1cccc(CSc2nnc(C(C)NC(=O)Nc3c(C)cccc3C)n2-c2ccc(C)cc2)c1. The number of methoxy groups -OCH3 is 1. The Morgan fingerprint density at radius 2 is 1.69 bits per heavy atom. The fraction of sp³-hybridized carbons (Fsp3) is 0.250. The van der Waals surface area contributed by atoms with E-state index in [4.69, 9.17) is 4.74 Å². The third-order valence-electron chi connectivity index (χ3n) is 5.91. The van der Waals surface area contributed by atoms with Gasteiger partial charge in [-0.2, -0.15) is 0 Å². The molecule has 0 bridgehead atoms. The van der Waals surface area contributed by atoms with Gasteiger partial charge in [0.05, 0.1) is 13.2 Å². The number of aromatic nitrogens is 3. The number of amides is 2. The summed E-state index contributed by atoms with van der Waals surface area (Å²) in [5, 5.41) is 15.7. The number of ether oxygens (including phenoxy) is 1. The molecule has 0 aliphatic rings. The fourth-order valence-corrected chi connectivity index (χ4v) is 4.83. The van der Waals surface area contributed by atoms with E-state index >= 15 is 0 Å². The van der Waals surface area contributed by atoms with Crippen LogP contribution in [0.25, 0.3) is 5.69 Å². The van der Waals surface area contributed by atoms with Gasteiger partial charge in [0.2, 0.25) is 0 Å². The van der Waals surface area contributed by atoms with Crippen molar-refractivity contribution in [1.82, 2.24) is 20.1 Å². The molecule has 0 radical (unpaired) electrons. The Hall–Kier alpha value is -3.78. The van der Waals surface area contributed by atoms with Crippen LogP contribution < -0.4 is 15.4 Å². The minimum Gasteiger partial charge on any atom is -0.497 e. The highest BCUT2D eigenvalue weighted by atomic mass is 32.2. The molecular weight excluding hydrogens is 470 g/mol. The van der Waals surface area contributed by atoms with Crippen LogP contribution in [-0.4, -0.2) is 27.9 Å². The number of carbonyl (C=O) groups is 1. The second-order valence-corrected chi connectivity index (χ2v) is 9.68. The van der Waals surface area contributed by atoms with E-state index in [1.807, 2.05) is 73.9 Å². The molecule has 7 nitrogen and oxygen atoms in total. The number of rotatable bonds is 8. The Balaban J connectivity index is 1.58. The first kappa shape index (κ1) is 25.3. The Bertz CT molecular complexity index is 1330. The average Bonchev–Trinajstić information content (AvgIpc) is 3.30. The number of hydrogen-bond donors (Lipinski definition) is 2. The smallest absolute Gasteiger partial charge is 0.319 e. The van der Waals surface area contributed by atoms with Crippen LogP contribution >= 0.6 is 11.8 Å². The number of nitrogens with one attached hydrogen (secondary N) is 2. The summed E-state index contributed by atoms with van der Waals surface area (Å²) < 4.78 is 7.36. The predicted molar refractivity (Wildman–Crippen MR) is 145 cm³/mol. The third kappa shape index (κ3) is 5.88. The summed E-state index contributed by atoms with van der Waals surface area (Å²) in [7, 11) is 1.66. The number of anilines is 1. The van der Waals surface area contributed by atoms with E-state index in [0.29, 0.717) is 11.6 Å². The van der Waals surface area contributed by atoms with E-state index in [1.165, 1.54) is 0 Å². The molecule has 2 amide bonds. The molecule has 4 aromatic rings. The maximum atomic E-state index is 12.9. The number of benzene rings is 3. The Kier molecular flexibility index (Phi) is 7.95. The summed E-state index contributed by atoms with van der Waals surface area (Å²) in [5.74, 6) is 2.18. The molecule has 0 aliphatic heterocycles. The maximum absolute atomic E-state index is 12.9. The van der Waals surface area contributed by atoms with Gasteiger partial charge in [-0.1, -0.05) is 59.8 Å². The van der Waals surface area contributed by atoms with Gasteiger partial charge in [-0.25, -0.2) is 4.79 Å². The van der Waals surface area contributed by atoms with E-state index in [-0.39, 0.29) is 12.1 Å². The number of hydrogen-bond acceptors (Lipinski definition) is 5. The zero-order valence-electron chi connectivity index (χ0n) is 21.2. The largest absolute Gasteiger partial charge is 0.497 e. The molecule has 4 rings (SSSR count). The maximum Gasteiger partial charge on any atom is 0.319 e. The van der Waals surface area contributed by atoms with E-state index in [1.54, 1.807) is 18.9 Å². The second-order valence-electron chi connectivity index (χ2n) is 8.74. The third-order valence-corrected chi connectivity index (χ3v) is 6.91. The lowest BCUT2D eigenvalue weighted by Crippen LogP contribution is -2.33. The van der Waals surface area contributed by atoms with Crippen molar-refractivity contribution in [1.29, 1.82) is 0 Å². The number of urea groups is 1. The van der Waals surface area contributed by atoms with Crippen molar-refractivity contribution in [2.24, 2.45) is 0 Å². The summed E-state index contributed by atoms with van der Waals surface area (Å²) >= 11 is 1.59. The number of thioether (sulfide) groups is 1. The molecule has 36 heavy (non-hydrogen) atoms. The molecule has 1 atom stereocenters. The molecule has 1 aromatic heterocycles. The Morgan fingerprint density at radius 1 is 1.00 bits per heavy atom. The highest BCUT2D eigenvalue weighted by Crippen LogP contribution is 2.29. The van der Waals surface area contributed by atoms with Crippen molar-refractivity contribution in [3.8, 4) is 11.4 Å². The van der Waals surface area contributed by atoms with Crippen LogP contribution in [0.15, 0.2) is 71.9 Å². The van der Waals surface area contributed by atoms with Crippen LogP contribution in [0, 0.1) is 20.8 Å². The molecule has 3 aromatic carbocycles. The van der Waals surface area contributed by atoms with Crippen molar-refractivity contribution in [3.63, 3.8) is 0 Å². The lowest BCUT2D eigenvalue weighted by atomic mass is 10.1. The second kappa shape index (κ2) is 11.3. The number of para-hydroxylation sites is 1. The van der Waals surface area contributed by atoms with Crippen molar-refractivity contribution in [2.75, 3.05) is 12.4 Å². The molecule has 0 spiro atoms. The van der Waals surface area contributed by atoms with E-state index in [0.717, 1.165) is 44.5 Å². The van der Waals surface area contributed by atoms with Gasteiger partial charge >= 0.3 is 6.03 Å². The molecule has 0 saturated heterocycles. The lowest BCUT2D eigenvalue weighted by Gasteiger charge is -2.18. The molecule has 186 valence electrons. The van der Waals surface area contributed by atoms with Gasteiger partial charge in [-0.05, 0) is 68.7 Å². The minimum absolute atomic E-state index is 0.288. The molecule has 8 heteroatoms. The van der Waals surface area contributed by atoms with Gasteiger partial charge in [-0.3, -0.25) is 4.57 Å². The Labute approximate surface area is 216 Å². The highest BCUT2D eigenvalue weighted by molar-refractivity contribution is 7.98. The normalized spacial score (nSPS) is 11.7. The van der Waals surface area contributed by atoms with Gasteiger partial charge in [0, 0.05) is 17.1 Å². The molecule has 0 fully saturated rings. The average molecular weight is 502 g/mol. The lowest BCUT2D eigenvalue weighted by molar-refractivity contribution is 0.248. The summed E-state index contributed by atoms with van der Waals surface area (Å²) in [6.07, 6.45) is 0. The summed E-state index contributed by atoms with van der Waals surface area (Å²) in [6.45, 7) is 7.92. The van der Waals surface area contributed by atoms with Crippen LogP contribution in [0.5, 0.6) is 5.75 Å². The van der Waals surface area contributed by atoms with Crippen LogP contribution in [0.1, 0.15) is 41.0 Å². The molecule has 0 aliphatic carbocycles. The van der Waals surface area contributed by atoms with Gasteiger partial charge < -0.3 is 15.4 Å². The fourth-order valence-electron chi connectivity index (χ4n) is 3.92. The zero-order chi connectivity index (χ0) is 25.7. The van der Waals surface area contributed by atoms with Crippen molar-refractivity contribution in [3.05, 3.63) is 94.8 Å². The first-order valence-electron chi connectivity index (χ1n) is 11.8. The highest BCUT2D eigenvalue weighted by Gasteiger charge is 2.21. The van der Waals surface area contributed by atoms with Crippen molar-refractivity contribution < 1.29 is 9.53 Å². The van der Waals surface area contributed by atoms with Gasteiger partial charge in [-0.15, -0.1) is 10.2 Å². The van der Waals surface area contributed by atoms with Gasteiger partial charge in [0.15, 0.2) is 11.0 Å². The molecule has 2 N–H and O–H groups in total. The van der Waals surface area contributed by atoms with Gasteiger partial charge in [0.25, 0.3) is 0 Å². The summed E-state index contributed by atoms with van der Waals surface area (Å²) in [6, 6.07) is 21.4. The minimum atomic E-state index is -0.380. The topological polar surface area (TPSA) is 81.1 Å². The van der Waals surface area contributed by atoms with Crippen molar-refractivity contribution in [2.45, 2.75) is 44.6 Å². The van der Waals surface area contributed by atoms with Crippen LogP contribution in [0.3, 0.4) is 0 Å². The molecular formula is C28H31N5O2S. The monoisotopic (exact) mass is 501 g/mol. The number of aryl methyl sites for hydroxylation is 3. The first-order chi connectivity index (χ1) is 17.4. The van der Waals surface area contributed by atoms with E-state index in [9.17, 15) is 4.79 Å². The standard InChI is InChI=1S/C28H31N5O2S/c1-18-12-14-23(15-13-18)33-26(21(4)29-27(34)30-25-19(2)8-6-9-20(25)3)31-32-28(33)36-17-22-10-7-11-24(16-22)35-5/h6-16,21H,17H2,1-5H3,(H2,29,30,34).